The lowest BCUT2D eigenvalue weighted by molar-refractivity contribution is 0.222. The van der Waals surface area contributed by atoms with Crippen LogP contribution in [0.15, 0.2) is 0 Å². The van der Waals surface area contributed by atoms with Gasteiger partial charge >= 0.3 is 6.98 Å². The predicted octanol–water partition coefficient (Wildman–Crippen LogP) is 2.20. The predicted molar refractivity (Wildman–Crippen MR) is 52.0 cm³/mol. The van der Waals surface area contributed by atoms with Gasteiger partial charge in [-0.1, -0.05) is 6.92 Å². The van der Waals surface area contributed by atoms with Crippen molar-refractivity contribution in [1.82, 2.24) is 4.90 Å². The molecule has 0 bridgehead atoms. The minimum absolute atomic E-state index is 0.0437. The molecule has 0 aliphatic carbocycles. The van der Waals surface area contributed by atoms with Crippen LogP contribution in [0.4, 0.5) is 12.9 Å². The molecule has 1 aliphatic heterocycles. The van der Waals surface area contributed by atoms with Crippen molar-refractivity contribution in [3.8, 4) is 0 Å². The third-order valence-electron chi connectivity index (χ3n) is 2.46. The molecule has 0 N–H and O–H groups in total. The summed E-state index contributed by atoms with van der Waals surface area (Å²) in [5.74, 6) is 0.817. The normalized spacial score (nSPS) is 32.1. The van der Waals surface area contributed by atoms with E-state index in [1.54, 1.807) is 16.7 Å². The lowest BCUT2D eigenvalue weighted by atomic mass is 9.90. The zero-order chi connectivity index (χ0) is 10.1. The lowest BCUT2D eigenvalue weighted by Gasteiger charge is -2.40. The van der Waals surface area contributed by atoms with Crippen LogP contribution in [0, 0.1) is 0 Å². The average molecular weight is 212 g/mol. The van der Waals surface area contributed by atoms with Gasteiger partial charge in [-0.25, -0.2) is 0 Å². The Labute approximate surface area is 81.1 Å². The second kappa shape index (κ2) is 4.13. The molecule has 0 aromatic carbocycles. The Morgan fingerprint density at radius 1 is 1.38 bits per heavy atom. The van der Waals surface area contributed by atoms with Gasteiger partial charge in [0.05, 0.1) is 0 Å². The highest BCUT2D eigenvalue weighted by Crippen LogP contribution is 2.25. The Morgan fingerprint density at radius 3 is 2.54 bits per heavy atom. The van der Waals surface area contributed by atoms with Crippen LogP contribution < -0.4 is 0 Å². The van der Waals surface area contributed by atoms with E-state index < -0.39 is 13.4 Å². The molecule has 1 rings (SSSR count). The van der Waals surface area contributed by atoms with Crippen LogP contribution in [-0.2, 0) is 0 Å². The Bertz CT molecular complexity index is 176. The summed E-state index contributed by atoms with van der Waals surface area (Å²) in [6.45, 7) is -0.231. The third kappa shape index (κ3) is 3.42. The summed E-state index contributed by atoms with van der Waals surface area (Å²) in [5, 5.41) is 0.312. The van der Waals surface area contributed by atoms with E-state index in [0.717, 1.165) is 5.75 Å². The summed E-state index contributed by atoms with van der Waals surface area (Å²) in [4.78, 5) is 1.54. The highest BCUT2D eigenvalue weighted by Gasteiger charge is 2.32. The van der Waals surface area contributed by atoms with Crippen molar-refractivity contribution in [3.05, 3.63) is 0 Å². The van der Waals surface area contributed by atoms with Gasteiger partial charge in [-0.15, -0.1) is 0 Å². The minimum Gasteiger partial charge on any atom is -0.448 e. The zero-order valence-electron chi connectivity index (χ0n) is 7.84. The van der Waals surface area contributed by atoms with E-state index in [-0.39, 0.29) is 6.04 Å². The molecule has 1 nitrogen and oxygen atoms in total. The van der Waals surface area contributed by atoms with E-state index in [1.165, 1.54) is 0 Å². The maximum Gasteiger partial charge on any atom is 0.492 e. The topological polar surface area (TPSA) is 3.24 Å². The standard InChI is InChI=1S/C7H14BF3NS/c1-6-7(2)13-4-3-12(6)5-8(9,10)11/h6-7H,3-5H2,1-2H3/q-1. The van der Waals surface area contributed by atoms with Crippen LogP contribution in [-0.4, -0.2) is 41.9 Å². The van der Waals surface area contributed by atoms with Crippen molar-refractivity contribution in [2.24, 2.45) is 0 Å². The molecule has 0 radical (unpaired) electrons. The first kappa shape index (κ1) is 11.2. The van der Waals surface area contributed by atoms with Crippen LogP contribution >= 0.6 is 11.8 Å². The maximum atomic E-state index is 12.2. The molecule has 78 valence electrons. The number of hydrogen-bond acceptors (Lipinski definition) is 2. The van der Waals surface area contributed by atoms with Gasteiger partial charge in [0.15, 0.2) is 0 Å². The molecule has 2 atom stereocenters. The largest absolute Gasteiger partial charge is 0.492 e. The number of hydrogen-bond donors (Lipinski definition) is 0. The van der Waals surface area contributed by atoms with Crippen molar-refractivity contribution in [2.75, 3.05) is 18.7 Å². The van der Waals surface area contributed by atoms with E-state index in [2.05, 4.69) is 0 Å². The number of nitrogens with zero attached hydrogens (tertiary/aromatic N) is 1. The van der Waals surface area contributed by atoms with E-state index in [4.69, 9.17) is 0 Å². The summed E-state index contributed by atoms with van der Waals surface area (Å²) >= 11 is 1.75. The van der Waals surface area contributed by atoms with Gasteiger partial charge in [0.2, 0.25) is 0 Å². The van der Waals surface area contributed by atoms with Gasteiger partial charge in [-0.2, -0.15) is 11.8 Å². The molecule has 0 amide bonds. The first-order valence-electron chi connectivity index (χ1n) is 4.47. The molecular weight excluding hydrogens is 198 g/mol. The number of halogens is 3. The van der Waals surface area contributed by atoms with E-state index in [0.29, 0.717) is 11.8 Å². The Hall–Kier alpha value is 0.165. The van der Waals surface area contributed by atoms with Crippen LogP contribution in [0.3, 0.4) is 0 Å². The summed E-state index contributed by atoms with van der Waals surface area (Å²) in [5.41, 5.74) is 0. The van der Waals surface area contributed by atoms with Crippen molar-refractivity contribution in [1.29, 1.82) is 0 Å². The molecule has 2 unspecified atom stereocenters. The molecule has 0 aromatic heterocycles. The lowest BCUT2D eigenvalue weighted by Crippen LogP contribution is -2.50. The van der Waals surface area contributed by atoms with Crippen LogP contribution in [0.5, 0.6) is 0 Å². The molecule has 0 saturated carbocycles. The quantitative estimate of drug-likeness (QED) is 0.645. The molecule has 1 heterocycles. The smallest absolute Gasteiger partial charge is 0.448 e. The summed E-state index contributed by atoms with van der Waals surface area (Å²) in [6, 6.07) is 0.0437. The minimum atomic E-state index is -4.66. The van der Waals surface area contributed by atoms with Crippen molar-refractivity contribution < 1.29 is 12.9 Å². The molecule has 6 heteroatoms. The van der Waals surface area contributed by atoms with Gasteiger partial charge < -0.3 is 17.8 Å². The van der Waals surface area contributed by atoms with Crippen molar-refractivity contribution >= 4 is 18.7 Å². The zero-order valence-corrected chi connectivity index (χ0v) is 8.66. The highest BCUT2D eigenvalue weighted by atomic mass is 32.2. The van der Waals surface area contributed by atoms with Crippen molar-refractivity contribution in [3.63, 3.8) is 0 Å². The van der Waals surface area contributed by atoms with Gasteiger partial charge in [-0.3, -0.25) is 0 Å². The highest BCUT2D eigenvalue weighted by molar-refractivity contribution is 8.00. The molecule has 0 spiro atoms. The molecule has 1 aliphatic rings. The molecule has 0 aromatic rings. The first-order valence-corrected chi connectivity index (χ1v) is 5.51. The summed E-state index contributed by atoms with van der Waals surface area (Å²) < 4.78 is 36.5. The number of thioether (sulfide) groups is 1. The Kier molecular flexibility index (Phi) is 3.57. The van der Waals surface area contributed by atoms with E-state index >= 15 is 0 Å². The Morgan fingerprint density at radius 2 is 2.00 bits per heavy atom. The fraction of sp³-hybridized carbons (Fsp3) is 1.00. The Balaban J connectivity index is 2.49. The molecule has 1 fully saturated rings. The fourth-order valence-electron chi connectivity index (χ4n) is 1.52. The monoisotopic (exact) mass is 212 g/mol. The molecule has 1 saturated heterocycles. The summed E-state index contributed by atoms with van der Waals surface area (Å²) in [6.07, 6.45) is -0.702. The molecular formula is C7H14BF3NS-. The van der Waals surface area contributed by atoms with Gasteiger partial charge in [0.1, 0.15) is 0 Å². The average Bonchev–Trinajstić information content (AvgIpc) is 1.96. The van der Waals surface area contributed by atoms with Crippen LogP contribution in [0.1, 0.15) is 13.8 Å². The van der Waals surface area contributed by atoms with E-state index in [9.17, 15) is 12.9 Å². The van der Waals surface area contributed by atoms with Gasteiger partial charge in [0.25, 0.3) is 0 Å². The van der Waals surface area contributed by atoms with Crippen molar-refractivity contribution in [2.45, 2.75) is 25.1 Å². The second-order valence-electron chi connectivity index (χ2n) is 3.52. The first-order chi connectivity index (χ1) is 5.90. The summed E-state index contributed by atoms with van der Waals surface area (Å²) in [7, 11) is 0. The van der Waals surface area contributed by atoms with Crippen LogP contribution in [0.25, 0.3) is 0 Å². The van der Waals surface area contributed by atoms with Gasteiger partial charge in [0, 0.05) is 23.6 Å². The SMILES string of the molecule is CC1SCCN(C[B-](F)(F)F)C1C. The third-order valence-corrected chi connectivity index (χ3v) is 3.79. The maximum absolute atomic E-state index is 12.2. The van der Waals surface area contributed by atoms with E-state index in [1.807, 2.05) is 13.8 Å². The number of rotatable bonds is 2. The fourth-order valence-corrected chi connectivity index (χ4v) is 2.68. The second-order valence-corrected chi connectivity index (χ2v) is 5.01. The molecule has 13 heavy (non-hydrogen) atoms. The van der Waals surface area contributed by atoms with Crippen LogP contribution in [0.2, 0.25) is 0 Å². The van der Waals surface area contributed by atoms with Gasteiger partial charge in [-0.05, 0) is 13.4 Å².